The minimum Gasteiger partial charge on any atom is -0.364 e. The number of piperazine rings is 1. The molecule has 0 aliphatic carbocycles. The van der Waals surface area contributed by atoms with E-state index in [-0.39, 0.29) is 28.8 Å². The zero-order valence-electron chi connectivity index (χ0n) is 20.9. The van der Waals surface area contributed by atoms with E-state index in [1.807, 2.05) is 6.92 Å². The first kappa shape index (κ1) is 25.4. The molecule has 0 spiro atoms. The number of nitrogens with zero attached hydrogens (tertiary/aromatic N) is 6. The molecule has 1 unspecified atom stereocenters. The summed E-state index contributed by atoms with van der Waals surface area (Å²) in [6.45, 7) is 3.54. The van der Waals surface area contributed by atoms with Crippen molar-refractivity contribution in [2.24, 2.45) is 7.05 Å². The number of hydrogen-bond donors (Lipinski definition) is 0. The van der Waals surface area contributed by atoms with Crippen molar-refractivity contribution in [1.82, 2.24) is 19.4 Å². The highest BCUT2D eigenvalue weighted by molar-refractivity contribution is 5.89. The van der Waals surface area contributed by atoms with Crippen molar-refractivity contribution in [2.75, 3.05) is 24.5 Å². The van der Waals surface area contributed by atoms with E-state index in [9.17, 15) is 23.2 Å². The predicted octanol–water partition coefficient (Wildman–Crippen LogP) is 4.58. The molecule has 4 heterocycles. The monoisotopic (exact) mass is 518 g/mol. The number of fused-ring (bicyclic) bond motifs is 1. The Bertz CT molecular complexity index is 1580. The van der Waals surface area contributed by atoms with Crippen LogP contribution in [0.15, 0.2) is 65.5 Å². The van der Waals surface area contributed by atoms with E-state index < -0.39 is 12.5 Å². The zero-order valence-corrected chi connectivity index (χ0v) is 20.9. The van der Waals surface area contributed by atoms with Crippen molar-refractivity contribution in [3.63, 3.8) is 0 Å². The quantitative estimate of drug-likeness (QED) is 0.385. The summed E-state index contributed by atoms with van der Waals surface area (Å²) in [4.78, 5) is 25.7. The first-order valence-electron chi connectivity index (χ1n) is 12.2. The number of aryl methyl sites for hydroxylation is 1. The molecule has 38 heavy (non-hydrogen) atoms. The van der Waals surface area contributed by atoms with Gasteiger partial charge in [0.05, 0.1) is 22.9 Å². The lowest BCUT2D eigenvalue weighted by molar-refractivity contribution is 0.144. The summed E-state index contributed by atoms with van der Waals surface area (Å²) in [5, 5.41) is 9.38. The van der Waals surface area contributed by atoms with Gasteiger partial charge in [0.1, 0.15) is 28.8 Å². The Balaban J connectivity index is 1.52. The lowest BCUT2D eigenvalue weighted by atomic mass is 9.98. The van der Waals surface area contributed by atoms with E-state index in [2.05, 4.69) is 25.8 Å². The van der Waals surface area contributed by atoms with Gasteiger partial charge < -0.3 is 9.47 Å². The first-order valence-corrected chi connectivity index (χ1v) is 12.2. The second kappa shape index (κ2) is 10.3. The highest BCUT2D eigenvalue weighted by Gasteiger charge is 2.32. The average Bonchev–Trinajstić information content (AvgIpc) is 2.92. The maximum Gasteiger partial charge on any atom is 0.280 e. The lowest BCUT2D eigenvalue weighted by Gasteiger charge is -2.44. The number of anilines is 1. The van der Waals surface area contributed by atoms with E-state index in [0.29, 0.717) is 42.0 Å². The number of halogens is 3. The van der Waals surface area contributed by atoms with Gasteiger partial charge in [-0.05, 0) is 48.9 Å². The summed E-state index contributed by atoms with van der Waals surface area (Å²) in [5.74, 6) is -0.387. The Morgan fingerprint density at radius 1 is 1.03 bits per heavy atom. The van der Waals surface area contributed by atoms with E-state index in [1.54, 1.807) is 43.4 Å². The van der Waals surface area contributed by atoms with Crippen molar-refractivity contribution in [3.05, 3.63) is 99.5 Å². The van der Waals surface area contributed by atoms with E-state index >= 15 is 0 Å². The summed E-state index contributed by atoms with van der Waals surface area (Å²) < 4.78 is 42.2. The molecule has 1 aliphatic rings. The summed E-state index contributed by atoms with van der Waals surface area (Å²) in [5.41, 5.74) is 2.78. The van der Waals surface area contributed by atoms with Crippen LogP contribution in [0.4, 0.5) is 18.9 Å². The summed E-state index contributed by atoms with van der Waals surface area (Å²) in [7, 11) is 1.66. The van der Waals surface area contributed by atoms with Crippen LogP contribution in [0.2, 0.25) is 0 Å². The van der Waals surface area contributed by atoms with Crippen LogP contribution in [-0.2, 0) is 7.05 Å². The SMILES string of the molecule is C[C@H]1CN(C(c2ccc(F)cc2)c2cccc(C(F)F)n2)CCN1c1cc(=O)n(C)c2ccc(C#N)nc12. The normalized spacial score (nSPS) is 17.1. The Kier molecular flexibility index (Phi) is 6.87. The Labute approximate surface area is 217 Å². The largest absolute Gasteiger partial charge is 0.364 e. The van der Waals surface area contributed by atoms with Crippen LogP contribution in [0.1, 0.15) is 42.0 Å². The molecule has 1 aliphatic heterocycles. The Hall–Kier alpha value is -4.23. The van der Waals surface area contributed by atoms with Gasteiger partial charge in [0.15, 0.2) is 0 Å². The minimum absolute atomic E-state index is 0.104. The number of rotatable bonds is 5. The number of aromatic nitrogens is 3. The van der Waals surface area contributed by atoms with E-state index in [0.717, 1.165) is 5.56 Å². The van der Waals surface area contributed by atoms with Gasteiger partial charge in [-0.3, -0.25) is 9.69 Å². The number of hydrogen-bond acceptors (Lipinski definition) is 6. The van der Waals surface area contributed by atoms with Gasteiger partial charge in [-0.1, -0.05) is 18.2 Å². The third-order valence-electron chi connectivity index (χ3n) is 7.00. The molecule has 10 heteroatoms. The van der Waals surface area contributed by atoms with Crippen LogP contribution in [-0.4, -0.2) is 45.1 Å². The first-order chi connectivity index (χ1) is 18.3. The van der Waals surface area contributed by atoms with Crippen LogP contribution in [0.5, 0.6) is 0 Å². The molecule has 4 aromatic rings. The maximum absolute atomic E-state index is 13.7. The zero-order chi connectivity index (χ0) is 27.0. The Morgan fingerprint density at radius 2 is 1.76 bits per heavy atom. The number of pyridine rings is 3. The van der Waals surface area contributed by atoms with E-state index in [1.165, 1.54) is 28.8 Å². The highest BCUT2D eigenvalue weighted by atomic mass is 19.3. The number of alkyl halides is 2. The van der Waals surface area contributed by atoms with Gasteiger partial charge in [-0.25, -0.2) is 23.1 Å². The molecule has 0 radical (unpaired) electrons. The summed E-state index contributed by atoms with van der Waals surface area (Å²) >= 11 is 0. The molecule has 5 rings (SSSR count). The van der Waals surface area contributed by atoms with Crippen LogP contribution in [0.3, 0.4) is 0 Å². The van der Waals surface area contributed by atoms with Gasteiger partial charge in [0.25, 0.3) is 12.0 Å². The highest BCUT2D eigenvalue weighted by Crippen LogP contribution is 2.33. The van der Waals surface area contributed by atoms with Crippen LogP contribution in [0, 0.1) is 17.1 Å². The predicted molar refractivity (Wildman–Crippen MR) is 138 cm³/mol. The summed E-state index contributed by atoms with van der Waals surface area (Å²) in [6.07, 6.45) is -2.71. The molecule has 0 saturated carbocycles. The molecule has 7 nitrogen and oxygen atoms in total. The molecule has 1 fully saturated rings. The van der Waals surface area contributed by atoms with Gasteiger partial charge in [0.2, 0.25) is 0 Å². The fourth-order valence-electron chi connectivity index (χ4n) is 5.13. The van der Waals surface area contributed by atoms with Crippen LogP contribution in [0.25, 0.3) is 11.0 Å². The van der Waals surface area contributed by atoms with Crippen molar-refractivity contribution in [1.29, 1.82) is 5.26 Å². The fourth-order valence-corrected chi connectivity index (χ4v) is 5.13. The molecule has 3 aromatic heterocycles. The van der Waals surface area contributed by atoms with Crippen molar-refractivity contribution in [2.45, 2.75) is 25.4 Å². The fraction of sp³-hybridized carbons (Fsp3) is 0.286. The average molecular weight is 519 g/mol. The molecular formula is C28H25F3N6O. The van der Waals surface area contributed by atoms with Gasteiger partial charge in [-0.2, -0.15) is 5.26 Å². The smallest absolute Gasteiger partial charge is 0.280 e. The second-order valence-electron chi connectivity index (χ2n) is 9.38. The van der Waals surface area contributed by atoms with Crippen LogP contribution >= 0.6 is 0 Å². The topological polar surface area (TPSA) is 78.0 Å². The van der Waals surface area contributed by atoms with Crippen molar-refractivity contribution >= 4 is 16.7 Å². The van der Waals surface area contributed by atoms with Gasteiger partial charge in [-0.15, -0.1) is 0 Å². The molecule has 2 atom stereocenters. The Morgan fingerprint density at radius 3 is 2.45 bits per heavy atom. The third-order valence-corrected chi connectivity index (χ3v) is 7.00. The molecule has 194 valence electrons. The molecular weight excluding hydrogens is 493 g/mol. The van der Waals surface area contributed by atoms with Crippen molar-refractivity contribution < 1.29 is 13.2 Å². The molecule has 0 N–H and O–H groups in total. The summed E-state index contributed by atoms with van der Waals surface area (Å²) in [6, 6.07) is 16.9. The van der Waals surface area contributed by atoms with E-state index in [4.69, 9.17) is 0 Å². The second-order valence-corrected chi connectivity index (χ2v) is 9.38. The number of nitriles is 1. The van der Waals surface area contributed by atoms with Crippen LogP contribution < -0.4 is 10.5 Å². The maximum atomic E-state index is 13.7. The van der Waals surface area contributed by atoms with Gasteiger partial charge >= 0.3 is 0 Å². The standard InChI is InChI=1S/C28H25F3N6O/c1-17-16-36(27(18-6-8-19(29)9-7-18)21-4-3-5-22(34-21)28(30)31)12-13-37(17)24-14-25(38)35(2)23-11-10-20(15-32)33-26(23)24/h3-11,14,17,27-28H,12-13,16H2,1-2H3/t17-,27?/m0/s1. The molecule has 1 saturated heterocycles. The minimum atomic E-state index is -2.71. The molecule has 0 bridgehead atoms. The van der Waals surface area contributed by atoms with Gasteiger partial charge in [0, 0.05) is 38.8 Å². The number of benzene rings is 1. The molecule has 1 aromatic carbocycles. The van der Waals surface area contributed by atoms with Crippen molar-refractivity contribution in [3.8, 4) is 6.07 Å². The third kappa shape index (κ3) is 4.73. The lowest BCUT2D eigenvalue weighted by Crippen LogP contribution is -2.53. The molecule has 0 amide bonds.